The highest BCUT2D eigenvalue weighted by atomic mass is 35.5. The highest BCUT2D eigenvalue weighted by molar-refractivity contribution is 6.55. The fourth-order valence-corrected chi connectivity index (χ4v) is 4.81. The minimum Gasteiger partial charge on any atom is -0.481 e. The van der Waals surface area contributed by atoms with Crippen LogP contribution in [0, 0.1) is 17.3 Å². The van der Waals surface area contributed by atoms with Crippen LogP contribution in [0.5, 0.6) is 11.5 Å². The second-order valence-corrected chi connectivity index (χ2v) is 8.59. The van der Waals surface area contributed by atoms with Crippen LogP contribution < -0.4 is 4.74 Å². The second-order valence-electron chi connectivity index (χ2n) is 7.59. The van der Waals surface area contributed by atoms with Gasteiger partial charge in [-0.25, -0.2) is 0 Å². The smallest absolute Gasteiger partial charge is 0.311 e. The normalized spacial score (nSPS) is 15.3. The van der Waals surface area contributed by atoms with Gasteiger partial charge in [-0.15, -0.1) is 0 Å². The molecule has 0 saturated carbocycles. The Morgan fingerprint density at radius 3 is 2.21 bits per heavy atom. The molecule has 1 N–H and O–H groups in total. The van der Waals surface area contributed by atoms with Crippen LogP contribution >= 0.6 is 23.2 Å². The van der Waals surface area contributed by atoms with E-state index in [1.165, 1.54) is 0 Å². The molecule has 2 aromatic carbocycles. The Labute approximate surface area is 183 Å². The summed E-state index contributed by atoms with van der Waals surface area (Å²) in [6.07, 6.45) is 2.28. The molecule has 0 radical (unpaired) electrons. The van der Waals surface area contributed by atoms with E-state index >= 15 is 0 Å². The summed E-state index contributed by atoms with van der Waals surface area (Å²) in [5.41, 5.74) is -0.155. The minimum atomic E-state index is -1.07. The van der Waals surface area contributed by atoms with Crippen molar-refractivity contribution >= 4 is 29.2 Å². The second kappa shape index (κ2) is 10.2. The number of carboxylic acid groups (broad SMARTS) is 1. The molecule has 0 aliphatic heterocycles. The predicted octanol–water partition coefficient (Wildman–Crippen LogP) is 7.65. The molecular weight excluding hydrogens is 407 g/mol. The van der Waals surface area contributed by atoms with Gasteiger partial charge in [0.25, 0.3) is 0 Å². The number of halogens is 2. The maximum absolute atomic E-state index is 12.7. The first-order valence-corrected chi connectivity index (χ1v) is 10.6. The van der Waals surface area contributed by atoms with Crippen molar-refractivity contribution in [2.24, 2.45) is 17.3 Å². The Morgan fingerprint density at radius 1 is 1.07 bits per heavy atom. The van der Waals surface area contributed by atoms with Crippen molar-refractivity contribution in [3.05, 3.63) is 70.7 Å². The number of hydrogen-bond donors (Lipinski definition) is 1. The lowest BCUT2D eigenvalue weighted by Crippen LogP contribution is -2.46. The third-order valence-corrected chi connectivity index (χ3v) is 5.93. The summed E-state index contributed by atoms with van der Waals surface area (Å²) in [5, 5.41) is 10.4. The zero-order valence-electron chi connectivity index (χ0n) is 17.2. The molecule has 0 spiro atoms. The van der Waals surface area contributed by atoms with Crippen LogP contribution in [0.3, 0.4) is 0 Å². The molecule has 0 bridgehead atoms. The number of carbonyl (C=O) groups is 1. The van der Waals surface area contributed by atoms with Crippen molar-refractivity contribution in [3.8, 4) is 11.5 Å². The van der Waals surface area contributed by atoms with Crippen molar-refractivity contribution in [2.45, 2.75) is 40.0 Å². The molecule has 3 unspecified atom stereocenters. The summed E-state index contributed by atoms with van der Waals surface area (Å²) < 4.78 is 6.05. The van der Waals surface area contributed by atoms with Gasteiger partial charge >= 0.3 is 5.97 Å². The number of ether oxygens (including phenoxy) is 1. The summed E-state index contributed by atoms with van der Waals surface area (Å²) in [7, 11) is 0. The number of allylic oxidation sites excluding steroid dienone is 1. The summed E-state index contributed by atoms with van der Waals surface area (Å²) in [6, 6.07) is 17.2. The number of para-hydroxylation sites is 1. The molecule has 2 aromatic rings. The van der Waals surface area contributed by atoms with Crippen LogP contribution in [0.25, 0.3) is 0 Å². The monoisotopic (exact) mass is 434 g/mol. The van der Waals surface area contributed by atoms with Crippen LogP contribution in [0.1, 0.15) is 45.6 Å². The van der Waals surface area contributed by atoms with E-state index in [0.29, 0.717) is 12.2 Å². The Morgan fingerprint density at radius 2 is 1.69 bits per heavy atom. The molecule has 29 heavy (non-hydrogen) atoms. The zero-order valence-corrected chi connectivity index (χ0v) is 18.7. The fourth-order valence-electron chi connectivity index (χ4n) is 4.43. The van der Waals surface area contributed by atoms with E-state index in [-0.39, 0.29) is 22.2 Å². The summed E-state index contributed by atoms with van der Waals surface area (Å²) in [5.74, 6) is -0.216. The van der Waals surface area contributed by atoms with E-state index in [2.05, 4.69) is 0 Å². The minimum absolute atomic E-state index is 0.0831. The van der Waals surface area contributed by atoms with Crippen molar-refractivity contribution in [3.63, 3.8) is 0 Å². The number of rotatable bonds is 9. The van der Waals surface area contributed by atoms with E-state index in [9.17, 15) is 9.90 Å². The van der Waals surface area contributed by atoms with E-state index in [1.807, 2.05) is 82.3 Å². The molecule has 0 fully saturated rings. The van der Waals surface area contributed by atoms with Crippen molar-refractivity contribution in [1.29, 1.82) is 0 Å². The predicted molar refractivity (Wildman–Crippen MR) is 120 cm³/mol. The van der Waals surface area contributed by atoms with E-state index in [0.717, 1.165) is 11.3 Å². The van der Waals surface area contributed by atoms with Crippen LogP contribution in [0.4, 0.5) is 0 Å². The largest absolute Gasteiger partial charge is 0.481 e. The molecule has 0 saturated heterocycles. The molecule has 0 aliphatic rings. The van der Waals surface area contributed by atoms with Crippen LogP contribution in [-0.2, 0) is 4.79 Å². The molecule has 156 valence electrons. The standard InChI is InChI=1S/C24H28Cl2O3/c1-5-21(24(16(2)3,23(27)28)17(4)14-22(25)26)18-10-9-13-20(15-18)29-19-11-7-6-8-12-19/h6-17,21H,5H2,1-4H3,(H,27,28). The van der Waals surface area contributed by atoms with Gasteiger partial charge in [-0.3, -0.25) is 4.79 Å². The van der Waals surface area contributed by atoms with Crippen molar-refractivity contribution in [1.82, 2.24) is 0 Å². The highest BCUT2D eigenvalue weighted by Crippen LogP contribution is 2.51. The SMILES string of the molecule is CCC(c1cccc(Oc2ccccc2)c1)C(C(=O)O)(C(C)C)C(C)C=C(Cl)Cl. The lowest BCUT2D eigenvalue weighted by Gasteiger charge is -2.44. The number of aliphatic carboxylic acids is 1. The number of carboxylic acids is 1. The summed E-state index contributed by atoms with van der Waals surface area (Å²) >= 11 is 11.8. The average molecular weight is 435 g/mol. The quantitative estimate of drug-likeness (QED) is 0.440. The first-order valence-electron chi connectivity index (χ1n) is 9.82. The van der Waals surface area contributed by atoms with Gasteiger partial charge in [-0.1, -0.05) is 87.3 Å². The van der Waals surface area contributed by atoms with Gasteiger partial charge < -0.3 is 9.84 Å². The van der Waals surface area contributed by atoms with Crippen molar-refractivity contribution in [2.75, 3.05) is 0 Å². The first-order chi connectivity index (χ1) is 13.7. The summed E-state index contributed by atoms with van der Waals surface area (Å²) in [6.45, 7) is 7.75. The highest BCUT2D eigenvalue weighted by Gasteiger charge is 2.51. The maximum Gasteiger partial charge on any atom is 0.311 e. The Balaban J connectivity index is 2.54. The van der Waals surface area contributed by atoms with E-state index < -0.39 is 11.4 Å². The molecule has 3 atom stereocenters. The average Bonchev–Trinajstić information content (AvgIpc) is 2.65. The fraction of sp³-hybridized carbons (Fsp3) is 0.375. The topological polar surface area (TPSA) is 46.5 Å². The zero-order chi connectivity index (χ0) is 21.6. The number of benzene rings is 2. The van der Waals surface area contributed by atoms with Gasteiger partial charge in [-0.2, -0.15) is 0 Å². The van der Waals surface area contributed by atoms with Gasteiger partial charge in [0.05, 0.1) is 5.41 Å². The maximum atomic E-state index is 12.7. The molecule has 0 amide bonds. The molecular formula is C24H28Cl2O3. The molecule has 0 aliphatic carbocycles. The number of hydrogen-bond acceptors (Lipinski definition) is 2. The third-order valence-electron chi connectivity index (χ3n) is 5.68. The molecule has 3 nitrogen and oxygen atoms in total. The van der Waals surface area contributed by atoms with Crippen LogP contribution in [0.15, 0.2) is 65.2 Å². The van der Waals surface area contributed by atoms with Gasteiger partial charge in [-0.05, 0) is 48.1 Å². The molecule has 0 heterocycles. The van der Waals surface area contributed by atoms with Gasteiger partial charge in [0.2, 0.25) is 0 Å². The summed E-state index contributed by atoms with van der Waals surface area (Å²) in [4.78, 5) is 12.7. The van der Waals surface area contributed by atoms with Crippen molar-refractivity contribution < 1.29 is 14.6 Å². The van der Waals surface area contributed by atoms with Gasteiger partial charge in [0.15, 0.2) is 0 Å². The Kier molecular flexibility index (Phi) is 8.18. The Hall–Kier alpha value is -1.97. The molecule has 0 aromatic heterocycles. The van der Waals surface area contributed by atoms with Gasteiger partial charge in [0.1, 0.15) is 16.0 Å². The first kappa shape index (κ1) is 23.3. The molecule has 2 rings (SSSR count). The molecule has 5 heteroatoms. The van der Waals surface area contributed by atoms with E-state index in [1.54, 1.807) is 6.08 Å². The van der Waals surface area contributed by atoms with Crippen LogP contribution in [-0.4, -0.2) is 11.1 Å². The lowest BCUT2D eigenvalue weighted by atomic mass is 9.58. The van der Waals surface area contributed by atoms with Gasteiger partial charge in [0, 0.05) is 5.92 Å². The van der Waals surface area contributed by atoms with E-state index in [4.69, 9.17) is 27.9 Å². The Bertz CT molecular complexity index is 844. The lowest BCUT2D eigenvalue weighted by molar-refractivity contribution is -0.157. The van der Waals surface area contributed by atoms with Crippen LogP contribution in [0.2, 0.25) is 0 Å². The third kappa shape index (κ3) is 5.15.